The highest BCUT2D eigenvalue weighted by Gasteiger charge is 2.18. The fraction of sp³-hybridized carbons (Fsp3) is 0.556. The Bertz CT molecular complexity index is 625. The van der Waals surface area contributed by atoms with Gasteiger partial charge in [0.05, 0.1) is 11.0 Å². The van der Waals surface area contributed by atoms with Gasteiger partial charge in [-0.2, -0.15) is 0 Å². The van der Waals surface area contributed by atoms with Crippen LogP contribution in [0.25, 0.3) is 11.0 Å². The molecular formula is C18H28IN5. The molecule has 3 rings (SSSR count). The molecule has 0 radical (unpaired) electrons. The van der Waals surface area contributed by atoms with Crippen molar-refractivity contribution in [2.75, 3.05) is 13.6 Å². The summed E-state index contributed by atoms with van der Waals surface area (Å²) < 4.78 is 0. The lowest BCUT2D eigenvalue weighted by atomic mass is 9.87. The van der Waals surface area contributed by atoms with Crippen LogP contribution in [0.15, 0.2) is 29.3 Å². The number of hydrogen-bond acceptors (Lipinski definition) is 2. The Labute approximate surface area is 161 Å². The molecule has 2 aromatic rings. The minimum Gasteiger partial charge on any atom is -0.356 e. The first-order valence-electron chi connectivity index (χ1n) is 8.65. The lowest BCUT2D eigenvalue weighted by molar-refractivity contribution is 0.329. The molecule has 0 bridgehead atoms. The first kappa shape index (κ1) is 19.0. The van der Waals surface area contributed by atoms with Gasteiger partial charge in [-0.3, -0.25) is 4.99 Å². The van der Waals surface area contributed by atoms with Gasteiger partial charge in [0, 0.05) is 26.1 Å². The number of aliphatic imine (C=N–C) groups is 1. The standard InChI is InChI=1S/C18H27N5.HI/c1-13-7-9-14(10-8-13)21-18(19-2)20-12-11-17-22-15-5-3-4-6-16(15)23-17;/h3-6,13-14H,7-12H2,1-2H3,(H,22,23)(H2,19,20,21);1H. The van der Waals surface area contributed by atoms with Crippen molar-refractivity contribution in [3.8, 4) is 0 Å². The highest BCUT2D eigenvalue weighted by molar-refractivity contribution is 14.0. The molecule has 6 heteroatoms. The Morgan fingerprint density at radius 1 is 1.25 bits per heavy atom. The van der Waals surface area contributed by atoms with Crippen LogP contribution in [-0.2, 0) is 6.42 Å². The second kappa shape index (κ2) is 9.25. The van der Waals surface area contributed by atoms with Gasteiger partial charge in [0.2, 0.25) is 0 Å². The molecule has 1 heterocycles. The van der Waals surface area contributed by atoms with E-state index in [2.05, 4.69) is 38.6 Å². The lowest BCUT2D eigenvalue weighted by Crippen LogP contribution is -2.45. The molecule has 0 aliphatic heterocycles. The summed E-state index contributed by atoms with van der Waals surface area (Å²) in [4.78, 5) is 12.3. The number of guanidine groups is 1. The van der Waals surface area contributed by atoms with Gasteiger partial charge in [-0.05, 0) is 43.7 Å². The van der Waals surface area contributed by atoms with E-state index in [4.69, 9.17) is 0 Å². The van der Waals surface area contributed by atoms with Crippen LogP contribution in [0.3, 0.4) is 0 Å². The summed E-state index contributed by atoms with van der Waals surface area (Å²) in [6.07, 6.45) is 5.97. The Morgan fingerprint density at radius 3 is 2.71 bits per heavy atom. The van der Waals surface area contributed by atoms with Gasteiger partial charge in [0.15, 0.2) is 5.96 Å². The van der Waals surface area contributed by atoms with Gasteiger partial charge in [0.25, 0.3) is 0 Å². The van der Waals surface area contributed by atoms with Crippen molar-refractivity contribution >= 4 is 41.0 Å². The molecule has 0 spiro atoms. The SMILES string of the molecule is CN=C(NCCc1nc2ccccc2[nH]1)NC1CCC(C)CC1.I. The van der Waals surface area contributed by atoms with Gasteiger partial charge in [-0.15, -0.1) is 24.0 Å². The molecule has 1 aliphatic rings. The first-order valence-corrected chi connectivity index (χ1v) is 8.65. The second-order valence-electron chi connectivity index (χ2n) is 6.55. The Kier molecular flexibility index (Phi) is 7.33. The van der Waals surface area contributed by atoms with Crippen molar-refractivity contribution in [1.82, 2.24) is 20.6 Å². The number of benzene rings is 1. The monoisotopic (exact) mass is 441 g/mol. The van der Waals surface area contributed by atoms with E-state index in [0.29, 0.717) is 6.04 Å². The molecule has 5 nitrogen and oxygen atoms in total. The summed E-state index contributed by atoms with van der Waals surface area (Å²) in [6, 6.07) is 8.70. The fourth-order valence-electron chi connectivity index (χ4n) is 3.22. The van der Waals surface area contributed by atoms with Crippen LogP contribution in [0, 0.1) is 5.92 Å². The third-order valence-electron chi connectivity index (χ3n) is 4.67. The third kappa shape index (κ3) is 5.09. The number of H-pyrrole nitrogens is 1. The number of hydrogen-bond donors (Lipinski definition) is 3. The summed E-state index contributed by atoms with van der Waals surface area (Å²) in [5.41, 5.74) is 2.13. The van der Waals surface area contributed by atoms with Crippen LogP contribution in [-0.4, -0.2) is 35.6 Å². The molecule has 1 aromatic heterocycles. The van der Waals surface area contributed by atoms with Gasteiger partial charge < -0.3 is 15.6 Å². The van der Waals surface area contributed by atoms with E-state index in [1.54, 1.807) is 0 Å². The highest BCUT2D eigenvalue weighted by Crippen LogP contribution is 2.23. The summed E-state index contributed by atoms with van der Waals surface area (Å²) >= 11 is 0. The van der Waals surface area contributed by atoms with Gasteiger partial charge >= 0.3 is 0 Å². The molecule has 0 atom stereocenters. The first-order chi connectivity index (χ1) is 11.2. The van der Waals surface area contributed by atoms with Crippen molar-refractivity contribution in [3.63, 3.8) is 0 Å². The normalized spacial score (nSPS) is 21.3. The Hall–Kier alpha value is -1.31. The molecule has 1 aliphatic carbocycles. The minimum atomic E-state index is 0. The predicted octanol–water partition coefficient (Wildman–Crippen LogP) is 3.47. The van der Waals surface area contributed by atoms with E-state index < -0.39 is 0 Å². The summed E-state index contributed by atoms with van der Waals surface area (Å²) in [6.45, 7) is 3.17. The van der Waals surface area contributed by atoms with Crippen LogP contribution in [0.1, 0.15) is 38.4 Å². The average Bonchev–Trinajstić information content (AvgIpc) is 2.98. The number of aromatic nitrogens is 2. The number of nitrogens with one attached hydrogen (secondary N) is 3. The zero-order chi connectivity index (χ0) is 16.1. The zero-order valence-corrected chi connectivity index (χ0v) is 16.8. The maximum atomic E-state index is 4.60. The van der Waals surface area contributed by atoms with Gasteiger partial charge in [-0.1, -0.05) is 19.1 Å². The van der Waals surface area contributed by atoms with Crippen LogP contribution in [0.5, 0.6) is 0 Å². The number of imidazole rings is 1. The highest BCUT2D eigenvalue weighted by atomic mass is 127. The third-order valence-corrected chi connectivity index (χ3v) is 4.67. The molecular weight excluding hydrogens is 413 g/mol. The predicted molar refractivity (Wildman–Crippen MR) is 111 cm³/mol. The Morgan fingerprint density at radius 2 is 2.00 bits per heavy atom. The molecule has 1 aromatic carbocycles. The Balaban J connectivity index is 0.00000208. The molecule has 132 valence electrons. The molecule has 1 saturated carbocycles. The molecule has 24 heavy (non-hydrogen) atoms. The van der Waals surface area contributed by atoms with Crippen molar-refractivity contribution in [2.24, 2.45) is 10.9 Å². The lowest BCUT2D eigenvalue weighted by Gasteiger charge is -2.28. The molecule has 3 N–H and O–H groups in total. The van der Waals surface area contributed by atoms with Crippen LogP contribution >= 0.6 is 24.0 Å². The quantitative estimate of drug-likeness (QED) is 0.387. The van der Waals surface area contributed by atoms with Crippen molar-refractivity contribution < 1.29 is 0 Å². The van der Waals surface area contributed by atoms with E-state index in [1.807, 2.05) is 25.2 Å². The van der Waals surface area contributed by atoms with Gasteiger partial charge in [0.1, 0.15) is 5.82 Å². The molecule has 1 fully saturated rings. The van der Waals surface area contributed by atoms with E-state index in [1.165, 1.54) is 25.7 Å². The second-order valence-corrected chi connectivity index (χ2v) is 6.55. The zero-order valence-electron chi connectivity index (χ0n) is 14.5. The number of aromatic amines is 1. The number of fused-ring (bicyclic) bond motifs is 1. The van der Waals surface area contributed by atoms with E-state index >= 15 is 0 Å². The maximum absolute atomic E-state index is 4.60. The van der Waals surface area contributed by atoms with Gasteiger partial charge in [-0.25, -0.2) is 4.98 Å². The number of para-hydroxylation sites is 2. The van der Waals surface area contributed by atoms with Crippen molar-refractivity contribution in [2.45, 2.75) is 45.1 Å². The summed E-state index contributed by atoms with van der Waals surface area (Å²) in [5, 5.41) is 6.95. The number of rotatable bonds is 4. The smallest absolute Gasteiger partial charge is 0.191 e. The van der Waals surface area contributed by atoms with Crippen LogP contribution in [0.2, 0.25) is 0 Å². The average molecular weight is 441 g/mol. The van der Waals surface area contributed by atoms with E-state index in [0.717, 1.165) is 41.7 Å². The summed E-state index contributed by atoms with van der Waals surface area (Å²) in [7, 11) is 1.84. The van der Waals surface area contributed by atoms with Crippen molar-refractivity contribution in [1.29, 1.82) is 0 Å². The summed E-state index contributed by atoms with van der Waals surface area (Å²) in [5.74, 6) is 2.79. The van der Waals surface area contributed by atoms with E-state index in [-0.39, 0.29) is 24.0 Å². The number of nitrogens with zero attached hydrogens (tertiary/aromatic N) is 2. The molecule has 0 amide bonds. The largest absolute Gasteiger partial charge is 0.356 e. The van der Waals surface area contributed by atoms with E-state index in [9.17, 15) is 0 Å². The molecule has 0 unspecified atom stereocenters. The number of halogens is 1. The fourth-order valence-corrected chi connectivity index (χ4v) is 3.22. The van der Waals surface area contributed by atoms with Crippen LogP contribution < -0.4 is 10.6 Å². The minimum absolute atomic E-state index is 0. The molecule has 0 saturated heterocycles. The maximum Gasteiger partial charge on any atom is 0.191 e. The topological polar surface area (TPSA) is 65.1 Å². The van der Waals surface area contributed by atoms with Crippen LogP contribution in [0.4, 0.5) is 0 Å². The van der Waals surface area contributed by atoms with Crippen molar-refractivity contribution in [3.05, 3.63) is 30.1 Å².